The fourth-order valence-electron chi connectivity index (χ4n) is 2.08. The summed E-state index contributed by atoms with van der Waals surface area (Å²) in [4.78, 5) is 12.5. The summed E-state index contributed by atoms with van der Waals surface area (Å²) in [5.74, 6) is 0.827. The van der Waals surface area contributed by atoms with Crippen LogP contribution in [0.25, 0.3) is 5.69 Å². The summed E-state index contributed by atoms with van der Waals surface area (Å²) in [7, 11) is 0. The van der Waals surface area contributed by atoms with Crippen LogP contribution in [0.4, 0.5) is 5.82 Å². The van der Waals surface area contributed by atoms with Crippen molar-refractivity contribution < 1.29 is 9.32 Å². The number of benzene rings is 1. The lowest BCUT2D eigenvalue weighted by molar-refractivity contribution is -0.115. The standard InChI is InChI=1S/C15H15ClN6O2S/c1-3-12(14(23)17-13-8-9(2)24-19-13)25-15-18-20-21-22(15)11-6-4-10(16)5-7-11/h4-8,12H,3H2,1-2H3,(H,17,19,23). The Balaban J connectivity index is 1.75. The van der Waals surface area contributed by atoms with Crippen LogP contribution in [0, 0.1) is 6.92 Å². The summed E-state index contributed by atoms with van der Waals surface area (Å²) in [6.07, 6.45) is 0.598. The first-order chi connectivity index (χ1) is 12.1. The van der Waals surface area contributed by atoms with E-state index in [4.69, 9.17) is 16.1 Å². The molecule has 0 radical (unpaired) electrons. The van der Waals surface area contributed by atoms with Crippen molar-refractivity contribution >= 4 is 35.1 Å². The number of thioether (sulfide) groups is 1. The SMILES string of the molecule is CCC(Sc1nnnn1-c1ccc(Cl)cc1)C(=O)Nc1cc(C)on1. The van der Waals surface area contributed by atoms with Crippen LogP contribution in [-0.2, 0) is 4.79 Å². The second-order valence-electron chi connectivity index (χ2n) is 5.18. The lowest BCUT2D eigenvalue weighted by atomic mass is 10.3. The number of tetrazole rings is 1. The van der Waals surface area contributed by atoms with Gasteiger partial charge in [-0.05, 0) is 48.0 Å². The summed E-state index contributed by atoms with van der Waals surface area (Å²) in [6.45, 7) is 3.68. The highest BCUT2D eigenvalue weighted by atomic mass is 35.5. The van der Waals surface area contributed by atoms with Gasteiger partial charge in [0.1, 0.15) is 5.76 Å². The van der Waals surface area contributed by atoms with Gasteiger partial charge in [0, 0.05) is 11.1 Å². The monoisotopic (exact) mass is 378 g/mol. The largest absolute Gasteiger partial charge is 0.360 e. The maximum absolute atomic E-state index is 12.5. The zero-order valence-electron chi connectivity index (χ0n) is 13.5. The first kappa shape index (κ1) is 17.4. The first-order valence-electron chi connectivity index (χ1n) is 7.52. The van der Waals surface area contributed by atoms with Crippen molar-refractivity contribution in [2.75, 3.05) is 5.32 Å². The summed E-state index contributed by atoms with van der Waals surface area (Å²) in [5, 5.41) is 19.0. The number of carbonyl (C=O) groups excluding carboxylic acids is 1. The smallest absolute Gasteiger partial charge is 0.239 e. The molecule has 2 heterocycles. The minimum atomic E-state index is -0.381. The van der Waals surface area contributed by atoms with Crippen molar-refractivity contribution in [1.29, 1.82) is 0 Å². The molecule has 10 heteroatoms. The van der Waals surface area contributed by atoms with Crippen molar-refractivity contribution in [2.24, 2.45) is 0 Å². The van der Waals surface area contributed by atoms with E-state index >= 15 is 0 Å². The zero-order chi connectivity index (χ0) is 17.8. The Labute approximate surface area is 152 Å². The highest BCUT2D eigenvalue weighted by molar-refractivity contribution is 8.00. The third kappa shape index (κ3) is 4.18. The van der Waals surface area contributed by atoms with Gasteiger partial charge >= 0.3 is 0 Å². The summed E-state index contributed by atoms with van der Waals surface area (Å²) in [6, 6.07) is 8.78. The molecule has 0 aliphatic rings. The van der Waals surface area contributed by atoms with Crippen LogP contribution in [0.15, 0.2) is 40.0 Å². The molecule has 1 aromatic carbocycles. The number of nitrogens with one attached hydrogen (secondary N) is 1. The number of hydrogen-bond acceptors (Lipinski definition) is 7. The van der Waals surface area contributed by atoms with Gasteiger partial charge in [-0.15, -0.1) is 5.10 Å². The van der Waals surface area contributed by atoms with Gasteiger partial charge in [0.15, 0.2) is 5.82 Å². The van der Waals surface area contributed by atoms with E-state index in [0.717, 1.165) is 5.69 Å². The summed E-state index contributed by atoms with van der Waals surface area (Å²) >= 11 is 7.19. The average Bonchev–Trinajstić information content (AvgIpc) is 3.22. The van der Waals surface area contributed by atoms with E-state index in [2.05, 4.69) is 26.0 Å². The molecule has 25 heavy (non-hydrogen) atoms. The van der Waals surface area contributed by atoms with E-state index in [1.54, 1.807) is 29.8 Å². The molecular formula is C15H15ClN6O2S. The Morgan fingerprint density at radius 2 is 2.16 bits per heavy atom. The summed E-state index contributed by atoms with van der Waals surface area (Å²) < 4.78 is 6.52. The number of hydrogen-bond donors (Lipinski definition) is 1. The van der Waals surface area contributed by atoms with E-state index in [0.29, 0.717) is 28.2 Å². The maximum atomic E-state index is 12.5. The quantitative estimate of drug-likeness (QED) is 0.658. The number of halogens is 1. The van der Waals surface area contributed by atoms with E-state index < -0.39 is 0 Å². The summed E-state index contributed by atoms with van der Waals surface area (Å²) in [5.41, 5.74) is 0.763. The van der Waals surface area contributed by atoms with Crippen LogP contribution in [0.2, 0.25) is 5.02 Å². The lowest BCUT2D eigenvalue weighted by Crippen LogP contribution is -2.25. The molecule has 0 spiro atoms. The van der Waals surface area contributed by atoms with Crippen LogP contribution in [0.1, 0.15) is 19.1 Å². The van der Waals surface area contributed by atoms with Gasteiger partial charge in [0.25, 0.3) is 0 Å². The third-order valence-corrected chi connectivity index (χ3v) is 4.85. The molecule has 1 atom stereocenters. The van der Waals surface area contributed by atoms with Crippen LogP contribution >= 0.6 is 23.4 Å². The van der Waals surface area contributed by atoms with Gasteiger partial charge in [-0.3, -0.25) is 4.79 Å². The Morgan fingerprint density at radius 3 is 2.80 bits per heavy atom. The van der Waals surface area contributed by atoms with Crippen molar-refractivity contribution in [2.45, 2.75) is 30.7 Å². The number of carbonyl (C=O) groups is 1. The van der Waals surface area contributed by atoms with Crippen molar-refractivity contribution in [3.05, 3.63) is 41.1 Å². The Bertz CT molecular complexity index is 863. The van der Waals surface area contributed by atoms with Crippen LogP contribution in [0.3, 0.4) is 0 Å². The molecule has 130 valence electrons. The topological polar surface area (TPSA) is 98.7 Å². The van der Waals surface area contributed by atoms with Gasteiger partial charge in [-0.2, -0.15) is 4.68 Å². The van der Waals surface area contributed by atoms with Gasteiger partial charge in [0.2, 0.25) is 11.1 Å². The lowest BCUT2D eigenvalue weighted by Gasteiger charge is -2.12. The fraction of sp³-hybridized carbons (Fsp3) is 0.267. The number of rotatable bonds is 6. The molecule has 0 fully saturated rings. The molecule has 0 saturated heterocycles. The van der Waals surface area contributed by atoms with Crippen molar-refractivity contribution in [3.8, 4) is 5.69 Å². The van der Waals surface area contributed by atoms with Crippen molar-refractivity contribution in [1.82, 2.24) is 25.4 Å². The third-order valence-electron chi connectivity index (χ3n) is 3.30. The molecule has 0 aliphatic heterocycles. The Kier molecular flexibility index (Phi) is 5.34. The molecular weight excluding hydrogens is 364 g/mol. The highest BCUT2D eigenvalue weighted by Gasteiger charge is 2.23. The maximum Gasteiger partial charge on any atom is 0.239 e. The minimum Gasteiger partial charge on any atom is -0.360 e. The number of amides is 1. The van der Waals surface area contributed by atoms with Gasteiger partial charge in [0.05, 0.1) is 10.9 Å². The van der Waals surface area contributed by atoms with Crippen LogP contribution < -0.4 is 5.32 Å². The molecule has 8 nitrogen and oxygen atoms in total. The molecule has 0 bridgehead atoms. The van der Waals surface area contributed by atoms with Crippen molar-refractivity contribution in [3.63, 3.8) is 0 Å². The second-order valence-corrected chi connectivity index (χ2v) is 6.78. The second kappa shape index (κ2) is 7.66. The molecule has 2 aromatic heterocycles. The molecule has 0 saturated carbocycles. The van der Waals surface area contributed by atoms with Crippen LogP contribution in [-0.4, -0.2) is 36.5 Å². The van der Waals surface area contributed by atoms with E-state index in [1.807, 2.05) is 19.1 Å². The number of nitrogens with zero attached hydrogens (tertiary/aromatic N) is 5. The van der Waals surface area contributed by atoms with Gasteiger partial charge < -0.3 is 9.84 Å². The van der Waals surface area contributed by atoms with Crippen LogP contribution in [0.5, 0.6) is 0 Å². The highest BCUT2D eigenvalue weighted by Crippen LogP contribution is 2.26. The predicted molar refractivity (Wildman–Crippen MR) is 94.0 cm³/mol. The molecule has 1 N–H and O–H groups in total. The average molecular weight is 379 g/mol. The zero-order valence-corrected chi connectivity index (χ0v) is 15.1. The first-order valence-corrected chi connectivity index (χ1v) is 8.77. The number of aryl methyl sites for hydroxylation is 1. The minimum absolute atomic E-state index is 0.188. The van der Waals surface area contributed by atoms with E-state index in [9.17, 15) is 4.79 Å². The normalized spacial score (nSPS) is 12.1. The molecule has 1 unspecified atom stereocenters. The van der Waals surface area contributed by atoms with Gasteiger partial charge in [-0.1, -0.05) is 35.4 Å². The molecule has 0 aliphatic carbocycles. The molecule has 3 aromatic rings. The fourth-order valence-corrected chi connectivity index (χ4v) is 3.12. The Hall–Kier alpha value is -2.39. The molecule has 3 rings (SSSR count). The Morgan fingerprint density at radius 1 is 1.40 bits per heavy atom. The predicted octanol–water partition coefficient (Wildman–Crippen LogP) is 3.12. The van der Waals surface area contributed by atoms with E-state index in [1.165, 1.54) is 11.8 Å². The number of anilines is 1. The van der Waals surface area contributed by atoms with E-state index in [-0.39, 0.29) is 11.2 Å². The number of aromatic nitrogens is 5. The molecule has 1 amide bonds. The van der Waals surface area contributed by atoms with Gasteiger partial charge in [-0.25, -0.2) is 0 Å².